The van der Waals surface area contributed by atoms with E-state index in [9.17, 15) is 24.8 Å². The van der Waals surface area contributed by atoms with Crippen molar-refractivity contribution in [2.24, 2.45) is 0 Å². The standard InChI is InChI=1S/C16H13NO6/c1-10(18)12-7-14(17(21)22)15(8-13(12)16(19)20)23-9-11-5-3-2-4-6-11/h2-8H,9H2,1H3,(H,19,20). The van der Waals surface area contributed by atoms with Crippen LogP contribution < -0.4 is 4.74 Å². The monoisotopic (exact) mass is 315 g/mol. The molecule has 0 bridgehead atoms. The molecular formula is C16H13NO6. The quantitative estimate of drug-likeness (QED) is 0.498. The Kier molecular flexibility index (Phi) is 4.70. The number of Topliss-reactive ketones (excluding diaryl/α,β-unsaturated/α-hetero) is 1. The van der Waals surface area contributed by atoms with Crippen LogP contribution in [-0.4, -0.2) is 21.8 Å². The van der Waals surface area contributed by atoms with Crippen molar-refractivity contribution >= 4 is 17.4 Å². The Morgan fingerprint density at radius 1 is 1.17 bits per heavy atom. The molecule has 0 aliphatic heterocycles. The highest BCUT2D eigenvalue weighted by Crippen LogP contribution is 2.31. The number of carbonyl (C=O) groups excluding carboxylic acids is 1. The largest absolute Gasteiger partial charge is 0.482 e. The lowest BCUT2D eigenvalue weighted by atomic mass is 10.0. The molecule has 2 rings (SSSR count). The van der Waals surface area contributed by atoms with Crippen molar-refractivity contribution in [3.63, 3.8) is 0 Å². The average molecular weight is 315 g/mol. The summed E-state index contributed by atoms with van der Waals surface area (Å²) in [5.74, 6) is -2.11. The van der Waals surface area contributed by atoms with Crippen LogP contribution in [0.3, 0.4) is 0 Å². The number of ketones is 1. The Labute approximate surface area is 131 Å². The summed E-state index contributed by atoms with van der Waals surface area (Å²) in [5, 5.41) is 20.3. The first-order valence-corrected chi connectivity index (χ1v) is 6.63. The number of ether oxygens (including phenoxy) is 1. The van der Waals surface area contributed by atoms with Crippen LogP contribution in [0.25, 0.3) is 0 Å². The van der Waals surface area contributed by atoms with Crippen molar-refractivity contribution in [2.75, 3.05) is 0 Å². The number of hydrogen-bond donors (Lipinski definition) is 1. The number of nitro benzene ring substituents is 1. The summed E-state index contributed by atoms with van der Waals surface area (Å²) >= 11 is 0. The van der Waals surface area contributed by atoms with Gasteiger partial charge in [-0.15, -0.1) is 0 Å². The van der Waals surface area contributed by atoms with E-state index in [4.69, 9.17) is 4.74 Å². The molecule has 23 heavy (non-hydrogen) atoms. The van der Waals surface area contributed by atoms with Gasteiger partial charge in [0.1, 0.15) is 6.61 Å². The highest BCUT2D eigenvalue weighted by molar-refractivity contribution is 6.05. The number of nitro groups is 1. The summed E-state index contributed by atoms with van der Waals surface area (Å²) in [5.41, 5.74) is -0.229. The minimum atomic E-state index is -1.35. The van der Waals surface area contributed by atoms with Gasteiger partial charge in [-0.25, -0.2) is 4.79 Å². The van der Waals surface area contributed by atoms with E-state index in [1.54, 1.807) is 24.3 Å². The van der Waals surface area contributed by atoms with E-state index in [1.165, 1.54) is 0 Å². The number of carboxylic acids is 1. The van der Waals surface area contributed by atoms with E-state index in [-0.39, 0.29) is 23.5 Å². The number of nitrogens with zero attached hydrogens (tertiary/aromatic N) is 1. The van der Waals surface area contributed by atoms with Crippen LogP contribution in [-0.2, 0) is 6.61 Å². The fourth-order valence-corrected chi connectivity index (χ4v) is 2.03. The maximum absolute atomic E-state index is 11.5. The van der Waals surface area contributed by atoms with Gasteiger partial charge in [-0.3, -0.25) is 14.9 Å². The molecule has 0 saturated heterocycles. The van der Waals surface area contributed by atoms with Gasteiger partial charge >= 0.3 is 11.7 Å². The lowest BCUT2D eigenvalue weighted by Crippen LogP contribution is -2.09. The minimum absolute atomic E-state index is 0.0418. The van der Waals surface area contributed by atoms with Crippen LogP contribution in [0.2, 0.25) is 0 Å². The second-order valence-electron chi connectivity index (χ2n) is 4.76. The Hall–Kier alpha value is -3.22. The van der Waals surface area contributed by atoms with Crippen LogP contribution in [0, 0.1) is 10.1 Å². The first-order valence-electron chi connectivity index (χ1n) is 6.63. The molecule has 2 aromatic rings. The van der Waals surface area contributed by atoms with Crippen molar-refractivity contribution in [3.05, 3.63) is 69.3 Å². The van der Waals surface area contributed by atoms with E-state index >= 15 is 0 Å². The Balaban J connectivity index is 2.44. The van der Waals surface area contributed by atoms with Gasteiger partial charge in [0.25, 0.3) is 0 Å². The third kappa shape index (κ3) is 3.70. The number of rotatable bonds is 6. The normalized spacial score (nSPS) is 10.1. The van der Waals surface area contributed by atoms with Crippen molar-refractivity contribution in [2.45, 2.75) is 13.5 Å². The summed E-state index contributed by atoms with van der Waals surface area (Å²) in [6, 6.07) is 10.9. The number of carbonyl (C=O) groups is 2. The molecule has 0 heterocycles. The molecule has 7 heteroatoms. The summed E-state index contributed by atoms with van der Waals surface area (Å²) in [4.78, 5) is 33.2. The third-order valence-electron chi connectivity index (χ3n) is 3.14. The Bertz CT molecular complexity index is 770. The summed E-state index contributed by atoms with van der Waals surface area (Å²) in [6.45, 7) is 1.19. The van der Waals surface area contributed by atoms with Gasteiger partial charge in [0.05, 0.1) is 10.5 Å². The highest BCUT2D eigenvalue weighted by Gasteiger charge is 2.24. The fourth-order valence-electron chi connectivity index (χ4n) is 2.03. The molecule has 0 radical (unpaired) electrons. The molecule has 2 aromatic carbocycles. The van der Waals surface area contributed by atoms with Crippen LogP contribution in [0.1, 0.15) is 33.2 Å². The zero-order valence-electron chi connectivity index (χ0n) is 12.2. The molecule has 0 spiro atoms. The maximum Gasteiger partial charge on any atom is 0.336 e. The maximum atomic E-state index is 11.5. The predicted molar refractivity (Wildman–Crippen MR) is 80.8 cm³/mol. The molecule has 1 N–H and O–H groups in total. The second kappa shape index (κ2) is 6.69. The van der Waals surface area contributed by atoms with Gasteiger partial charge in [-0.05, 0) is 12.5 Å². The lowest BCUT2D eigenvalue weighted by Gasteiger charge is -2.10. The summed E-state index contributed by atoms with van der Waals surface area (Å²) < 4.78 is 5.39. The van der Waals surface area contributed by atoms with Crippen molar-refractivity contribution < 1.29 is 24.4 Å². The van der Waals surface area contributed by atoms with Gasteiger partial charge in [0.15, 0.2) is 11.5 Å². The molecule has 0 amide bonds. The molecule has 0 aliphatic carbocycles. The number of benzene rings is 2. The summed E-state index contributed by atoms with van der Waals surface area (Å²) in [7, 11) is 0. The highest BCUT2D eigenvalue weighted by atomic mass is 16.6. The summed E-state index contributed by atoms with van der Waals surface area (Å²) in [6.07, 6.45) is 0. The van der Waals surface area contributed by atoms with E-state index in [0.717, 1.165) is 24.6 Å². The second-order valence-corrected chi connectivity index (χ2v) is 4.76. The lowest BCUT2D eigenvalue weighted by molar-refractivity contribution is -0.386. The Morgan fingerprint density at radius 3 is 2.35 bits per heavy atom. The van der Waals surface area contributed by atoms with Crippen LogP contribution in [0.5, 0.6) is 5.75 Å². The van der Waals surface area contributed by atoms with E-state index < -0.39 is 22.4 Å². The molecule has 0 unspecified atom stereocenters. The zero-order chi connectivity index (χ0) is 17.0. The van der Waals surface area contributed by atoms with Gasteiger partial charge in [-0.1, -0.05) is 30.3 Å². The SMILES string of the molecule is CC(=O)c1cc([N+](=O)[O-])c(OCc2ccccc2)cc1C(=O)O. The van der Waals surface area contributed by atoms with Crippen LogP contribution >= 0.6 is 0 Å². The fraction of sp³-hybridized carbons (Fsp3) is 0.125. The molecule has 7 nitrogen and oxygen atoms in total. The molecule has 0 fully saturated rings. The predicted octanol–water partition coefficient (Wildman–Crippen LogP) is 3.07. The van der Waals surface area contributed by atoms with Gasteiger partial charge in [0, 0.05) is 17.7 Å². The molecule has 0 aliphatic rings. The minimum Gasteiger partial charge on any atom is -0.482 e. The number of carboxylic acid groups (broad SMARTS) is 1. The molecule has 118 valence electrons. The molecule has 0 aromatic heterocycles. The van der Waals surface area contributed by atoms with Gasteiger partial charge in [0.2, 0.25) is 0 Å². The van der Waals surface area contributed by atoms with E-state index in [1.807, 2.05) is 6.07 Å². The first-order chi connectivity index (χ1) is 10.9. The number of hydrogen-bond acceptors (Lipinski definition) is 5. The van der Waals surface area contributed by atoms with Crippen molar-refractivity contribution in [3.8, 4) is 5.75 Å². The van der Waals surface area contributed by atoms with E-state index in [2.05, 4.69) is 0 Å². The van der Waals surface area contributed by atoms with Crippen LogP contribution in [0.15, 0.2) is 42.5 Å². The van der Waals surface area contributed by atoms with Crippen molar-refractivity contribution in [1.82, 2.24) is 0 Å². The van der Waals surface area contributed by atoms with Gasteiger partial charge in [-0.2, -0.15) is 0 Å². The molecule has 0 saturated carbocycles. The van der Waals surface area contributed by atoms with Crippen LogP contribution in [0.4, 0.5) is 5.69 Å². The van der Waals surface area contributed by atoms with Gasteiger partial charge < -0.3 is 9.84 Å². The smallest absolute Gasteiger partial charge is 0.336 e. The third-order valence-corrected chi connectivity index (χ3v) is 3.14. The number of aromatic carboxylic acids is 1. The first kappa shape index (κ1) is 16.2. The molecule has 0 atom stereocenters. The average Bonchev–Trinajstić information content (AvgIpc) is 2.52. The topological polar surface area (TPSA) is 107 Å². The zero-order valence-corrected chi connectivity index (χ0v) is 12.2. The van der Waals surface area contributed by atoms with Crippen molar-refractivity contribution in [1.29, 1.82) is 0 Å². The van der Waals surface area contributed by atoms with E-state index in [0.29, 0.717) is 0 Å². The Morgan fingerprint density at radius 2 is 1.83 bits per heavy atom. The molecular weight excluding hydrogens is 302 g/mol.